The molecule has 19 heavy (non-hydrogen) atoms. The molecule has 0 bridgehead atoms. The molecule has 1 rings (SSSR count). The summed E-state index contributed by atoms with van der Waals surface area (Å²) in [5, 5.41) is 8.61. The van der Waals surface area contributed by atoms with Gasteiger partial charge in [0.05, 0.1) is 0 Å². The predicted octanol–water partition coefficient (Wildman–Crippen LogP) is -1.74. The molecule has 0 aliphatic carbocycles. The fourth-order valence-corrected chi connectivity index (χ4v) is 3.07. The molecule has 1 aliphatic rings. The first-order valence-electron chi connectivity index (χ1n) is 6.24. The fourth-order valence-electron chi connectivity index (χ4n) is 1.82. The number of carboxylic acids is 1. The van der Waals surface area contributed by atoms with E-state index in [0.29, 0.717) is 19.6 Å². The lowest BCUT2D eigenvalue weighted by Crippen LogP contribution is -2.44. The summed E-state index contributed by atoms with van der Waals surface area (Å²) in [6.07, 6.45) is 0.856. The Hall–Kier alpha value is -0.740. The largest absolute Gasteiger partial charge is 0.480 e. The number of rotatable bonds is 6. The van der Waals surface area contributed by atoms with Crippen molar-refractivity contribution >= 4 is 16.2 Å². The summed E-state index contributed by atoms with van der Waals surface area (Å²) in [4.78, 5) is 12.6. The quantitative estimate of drug-likeness (QED) is 0.535. The lowest BCUT2D eigenvalue weighted by molar-refractivity contribution is -0.138. The molecule has 0 radical (unpaired) electrons. The molecule has 9 heteroatoms. The van der Waals surface area contributed by atoms with Crippen LogP contribution in [0.1, 0.15) is 12.8 Å². The average molecular weight is 294 g/mol. The third-order valence-electron chi connectivity index (χ3n) is 3.08. The van der Waals surface area contributed by atoms with Crippen molar-refractivity contribution in [1.82, 2.24) is 13.9 Å². The van der Waals surface area contributed by atoms with Crippen LogP contribution in [-0.2, 0) is 15.0 Å². The van der Waals surface area contributed by atoms with Crippen molar-refractivity contribution in [2.24, 2.45) is 5.73 Å². The number of nitrogens with two attached hydrogens (primary N) is 1. The summed E-state index contributed by atoms with van der Waals surface area (Å²) in [5.41, 5.74) is 5.31. The Morgan fingerprint density at radius 1 is 1.37 bits per heavy atom. The van der Waals surface area contributed by atoms with E-state index in [1.165, 1.54) is 4.31 Å². The molecule has 0 aromatic rings. The van der Waals surface area contributed by atoms with E-state index in [9.17, 15) is 13.2 Å². The standard InChI is InChI=1S/C10H22N4O4S/c1-13-5-2-6-14(8-7-13)19(17,18)12-4-3-9(11)10(15)16/h9,12H,2-8,11H2,1H3,(H,15,16). The first-order chi connectivity index (χ1) is 8.83. The van der Waals surface area contributed by atoms with Gasteiger partial charge in [0, 0.05) is 26.2 Å². The monoisotopic (exact) mass is 294 g/mol. The van der Waals surface area contributed by atoms with E-state index < -0.39 is 22.2 Å². The molecular weight excluding hydrogens is 272 g/mol. The maximum atomic E-state index is 12.0. The summed E-state index contributed by atoms with van der Waals surface area (Å²) < 4.78 is 27.8. The van der Waals surface area contributed by atoms with Crippen LogP contribution in [0, 0.1) is 0 Å². The zero-order valence-electron chi connectivity index (χ0n) is 11.1. The highest BCUT2D eigenvalue weighted by Crippen LogP contribution is 2.05. The minimum absolute atomic E-state index is 0.0299. The highest BCUT2D eigenvalue weighted by atomic mass is 32.2. The predicted molar refractivity (Wildman–Crippen MR) is 70.8 cm³/mol. The van der Waals surface area contributed by atoms with Crippen LogP contribution < -0.4 is 10.5 Å². The first kappa shape index (κ1) is 16.3. The molecule has 4 N–H and O–H groups in total. The molecule has 1 unspecified atom stereocenters. The summed E-state index contributed by atoms with van der Waals surface area (Å²) >= 11 is 0. The van der Waals surface area contributed by atoms with Gasteiger partial charge in [-0.15, -0.1) is 0 Å². The van der Waals surface area contributed by atoms with Crippen molar-refractivity contribution in [1.29, 1.82) is 0 Å². The molecule has 1 saturated heterocycles. The summed E-state index contributed by atoms with van der Waals surface area (Å²) in [5.74, 6) is -1.13. The average Bonchev–Trinajstić information content (AvgIpc) is 2.53. The van der Waals surface area contributed by atoms with Gasteiger partial charge < -0.3 is 15.7 Å². The van der Waals surface area contributed by atoms with Crippen LogP contribution in [0.4, 0.5) is 0 Å². The molecule has 1 fully saturated rings. The lowest BCUT2D eigenvalue weighted by atomic mass is 10.2. The number of carbonyl (C=O) groups is 1. The topological polar surface area (TPSA) is 116 Å². The third kappa shape index (κ3) is 5.41. The van der Waals surface area contributed by atoms with Gasteiger partial charge in [0.25, 0.3) is 10.2 Å². The normalized spacial score (nSPS) is 20.9. The van der Waals surface area contributed by atoms with Gasteiger partial charge in [-0.3, -0.25) is 4.79 Å². The molecule has 0 amide bonds. The molecule has 1 atom stereocenters. The molecule has 1 heterocycles. The van der Waals surface area contributed by atoms with E-state index in [2.05, 4.69) is 9.62 Å². The summed E-state index contributed by atoms with van der Waals surface area (Å²) in [7, 11) is -1.59. The lowest BCUT2D eigenvalue weighted by Gasteiger charge is -2.20. The van der Waals surface area contributed by atoms with Gasteiger partial charge in [-0.25, -0.2) is 4.72 Å². The zero-order valence-corrected chi connectivity index (χ0v) is 11.9. The van der Waals surface area contributed by atoms with Crippen LogP contribution in [-0.4, -0.2) is 74.5 Å². The number of nitrogens with zero attached hydrogens (tertiary/aromatic N) is 2. The van der Waals surface area contributed by atoms with Gasteiger partial charge in [-0.2, -0.15) is 12.7 Å². The highest BCUT2D eigenvalue weighted by molar-refractivity contribution is 7.87. The van der Waals surface area contributed by atoms with Crippen LogP contribution in [0.15, 0.2) is 0 Å². The van der Waals surface area contributed by atoms with E-state index in [1.807, 2.05) is 7.05 Å². The number of hydrogen-bond donors (Lipinski definition) is 3. The molecule has 0 aromatic heterocycles. The molecule has 0 aromatic carbocycles. The molecule has 0 saturated carbocycles. The Morgan fingerprint density at radius 2 is 2.05 bits per heavy atom. The fraction of sp³-hybridized carbons (Fsp3) is 0.900. The number of likely N-dealkylation sites (N-methyl/N-ethyl adjacent to an activating group) is 1. The first-order valence-corrected chi connectivity index (χ1v) is 7.68. The maximum Gasteiger partial charge on any atom is 0.320 e. The van der Waals surface area contributed by atoms with Crippen LogP contribution >= 0.6 is 0 Å². The minimum atomic E-state index is -3.54. The van der Waals surface area contributed by atoms with Gasteiger partial charge in [-0.1, -0.05) is 0 Å². The summed E-state index contributed by atoms with van der Waals surface area (Å²) in [6.45, 7) is 2.51. The van der Waals surface area contributed by atoms with Gasteiger partial charge in [0.1, 0.15) is 6.04 Å². The van der Waals surface area contributed by atoms with Gasteiger partial charge >= 0.3 is 5.97 Å². The van der Waals surface area contributed by atoms with Gasteiger partial charge in [-0.05, 0) is 26.4 Å². The Bertz CT molecular complexity index is 400. The van der Waals surface area contributed by atoms with Crippen molar-refractivity contribution in [2.75, 3.05) is 39.8 Å². The zero-order chi connectivity index (χ0) is 14.5. The molecular formula is C10H22N4O4S. The second kappa shape index (κ2) is 7.15. The van der Waals surface area contributed by atoms with E-state index in [1.54, 1.807) is 0 Å². The van der Waals surface area contributed by atoms with Crippen LogP contribution in [0.3, 0.4) is 0 Å². The molecule has 1 aliphatic heterocycles. The Labute approximate surface area is 113 Å². The van der Waals surface area contributed by atoms with Crippen molar-refractivity contribution in [2.45, 2.75) is 18.9 Å². The van der Waals surface area contributed by atoms with E-state index >= 15 is 0 Å². The highest BCUT2D eigenvalue weighted by Gasteiger charge is 2.24. The number of carboxylic acid groups (broad SMARTS) is 1. The Morgan fingerprint density at radius 3 is 2.68 bits per heavy atom. The van der Waals surface area contributed by atoms with E-state index in [-0.39, 0.29) is 13.0 Å². The van der Waals surface area contributed by atoms with Crippen LogP contribution in [0.25, 0.3) is 0 Å². The Kier molecular flexibility index (Phi) is 6.14. The SMILES string of the molecule is CN1CCCN(S(=O)(=O)NCCC(N)C(=O)O)CC1. The van der Waals surface area contributed by atoms with Crippen LogP contribution in [0.5, 0.6) is 0 Å². The van der Waals surface area contributed by atoms with Crippen molar-refractivity contribution in [3.63, 3.8) is 0 Å². The third-order valence-corrected chi connectivity index (χ3v) is 4.69. The number of hydrogen-bond acceptors (Lipinski definition) is 5. The molecule has 8 nitrogen and oxygen atoms in total. The number of nitrogens with one attached hydrogen (secondary N) is 1. The van der Waals surface area contributed by atoms with Crippen LogP contribution in [0.2, 0.25) is 0 Å². The van der Waals surface area contributed by atoms with Gasteiger partial charge in [0.15, 0.2) is 0 Å². The van der Waals surface area contributed by atoms with E-state index in [0.717, 1.165) is 13.0 Å². The maximum absolute atomic E-state index is 12.0. The summed E-state index contributed by atoms with van der Waals surface area (Å²) in [6, 6.07) is -1.04. The molecule has 112 valence electrons. The number of aliphatic carboxylic acids is 1. The minimum Gasteiger partial charge on any atom is -0.480 e. The molecule has 0 spiro atoms. The second-order valence-corrected chi connectivity index (χ2v) is 6.44. The second-order valence-electron chi connectivity index (χ2n) is 4.69. The van der Waals surface area contributed by atoms with Gasteiger partial charge in [0.2, 0.25) is 0 Å². The smallest absolute Gasteiger partial charge is 0.320 e. The Balaban J connectivity index is 2.44. The van der Waals surface area contributed by atoms with Crippen molar-refractivity contribution in [3.05, 3.63) is 0 Å². The van der Waals surface area contributed by atoms with Crippen molar-refractivity contribution in [3.8, 4) is 0 Å². The van der Waals surface area contributed by atoms with Crippen molar-refractivity contribution < 1.29 is 18.3 Å². The van der Waals surface area contributed by atoms with E-state index in [4.69, 9.17) is 10.8 Å².